The lowest BCUT2D eigenvalue weighted by Gasteiger charge is -2.25. The molecular weight excluding hydrogens is 224 g/mol. The minimum Gasteiger partial charge on any atom is -0.399 e. The van der Waals surface area contributed by atoms with Gasteiger partial charge in [-0.3, -0.25) is 4.79 Å². The first-order chi connectivity index (χ1) is 8.45. The van der Waals surface area contributed by atoms with Gasteiger partial charge in [-0.2, -0.15) is 0 Å². The quantitative estimate of drug-likeness (QED) is 0.641. The fraction of sp³-hybridized carbons (Fsp3) is 0.400. The molecule has 0 aliphatic heterocycles. The number of nitrogens with zero attached hydrogens (tertiary/aromatic N) is 1. The lowest BCUT2D eigenvalue weighted by atomic mass is 9.99. The minimum absolute atomic E-state index is 0.117. The summed E-state index contributed by atoms with van der Waals surface area (Å²) in [7, 11) is 0. The van der Waals surface area contributed by atoms with Crippen LogP contribution in [0.3, 0.4) is 0 Å². The second-order valence-electron chi connectivity index (χ2n) is 4.70. The Labute approximate surface area is 109 Å². The SMILES string of the molecule is C=C(C)CN(CC)C(=O)C(C)c1cccc(N)c1. The molecule has 1 aromatic carbocycles. The largest absolute Gasteiger partial charge is 0.399 e. The Kier molecular flexibility index (Phi) is 4.95. The van der Waals surface area contributed by atoms with Gasteiger partial charge < -0.3 is 10.6 Å². The number of anilines is 1. The number of amides is 1. The van der Waals surface area contributed by atoms with Gasteiger partial charge in [0.25, 0.3) is 0 Å². The summed E-state index contributed by atoms with van der Waals surface area (Å²) in [4.78, 5) is 14.2. The molecule has 0 bridgehead atoms. The molecule has 0 spiro atoms. The molecule has 98 valence electrons. The van der Waals surface area contributed by atoms with Crippen molar-refractivity contribution < 1.29 is 4.79 Å². The smallest absolute Gasteiger partial charge is 0.230 e. The summed E-state index contributed by atoms with van der Waals surface area (Å²) < 4.78 is 0. The van der Waals surface area contributed by atoms with Crippen LogP contribution in [0.2, 0.25) is 0 Å². The summed E-state index contributed by atoms with van der Waals surface area (Å²) >= 11 is 0. The third-order valence-electron chi connectivity index (χ3n) is 2.94. The van der Waals surface area contributed by atoms with Gasteiger partial charge in [0, 0.05) is 18.8 Å². The van der Waals surface area contributed by atoms with Crippen molar-refractivity contribution >= 4 is 11.6 Å². The Morgan fingerprint density at radius 2 is 2.17 bits per heavy atom. The highest BCUT2D eigenvalue weighted by atomic mass is 16.2. The standard InChI is InChI=1S/C15H22N2O/c1-5-17(10-11(2)3)15(18)12(4)13-7-6-8-14(16)9-13/h6-9,12H,2,5,10,16H2,1,3-4H3. The van der Waals surface area contributed by atoms with E-state index in [0.717, 1.165) is 11.1 Å². The van der Waals surface area contributed by atoms with Gasteiger partial charge in [-0.15, -0.1) is 0 Å². The zero-order valence-corrected chi connectivity index (χ0v) is 11.4. The van der Waals surface area contributed by atoms with Gasteiger partial charge in [0.2, 0.25) is 5.91 Å². The van der Waals surface area contributed by atoms with Crippen LogP contribution < -0.4 is 5.73 Å². The number of nitrogen functional groups attached to an aromatic ring is 1. The lowest BCUT2D eigenvalue weighted by Crippen LogP contribution is -2.35. The number of rotatable bonds is 5. The molecule has 18 heavy (non-hydrogen) atoms. The molecule has 1 atom stereocenters. The molecule has 1 aromatic rings. The van der Waals surface area contributed by atoms with Crippen LogP contribution in [0, 0.1) is 0 Å². The number of hydrogen-bond acceptors (Lipinski definition) is 2. The second kappa shape index (κ2) is 6.24. The molecule has 0 fully saturated rings. The Morgan fingerprint density at radius 3 is 2.67 bits per heavy atom. The van der Waals surface area contributed by atoms with Crippen LogP contribution >= 0.6 is 0 Å². The molecule has 0 aromatic heterocycles. The number of hydrogen-bond donors (Lipinski definition) is 1. The van der Waals surface area contributed by atoms with E-state index in [2.05, 4.69) is 6.58 Å². The zero-order chi connectivity index (χ0) is 13.7. The van der Waals surface area contributed by atoms with Crippen molar-refractivity contribution in [1.82, 2.24) is 4.90 Å². The van der Waals surface area contributed by atoms with Crippen LogP contribution in [0.4, 0.5) is 5.69 Å². The molecule has 0 aliphatic rings. The highest BCUT2D eigenvalue weighted by Gasteiger charge is 2.20. The summed E-state index contributed by atoms with van der Waals surface area (Å²) in [6.45, 7) is 11.0. The van der Waals surface area contributed by atoms with Crippen LogP contribution in [0.1, 0.15) is 32.3 Å². The Balaban J connectivity index is 2.85. The van der Waals surface area contributed by atoms with Crippen molar-refractivity contribution in [3.05, 3.63) is 42.0 Å². The molecule has 0 radical (unpaired) electrons. The molecule has 0 aliphatic carbocycles. The first kappa shape index (κ1) is 14.3. The summed E-state index contributed by atoms with van der Waals surface area (Å²) in [5.74, 6) is -0.0566. The summed E-state index contributed by atoms with van der Waals surface area (Å²) in [5.41, 5.74) is 8.39. The molecule has 2 N–H and O–H groups in total. The highest BCUT2D eigenvalue weighted by molar-refractivity contribution is 5.83. The maximum atomic E-state index is 12.4. The lowest BCUT2D eigenvalue weighted by molar-refractivity contribution is -0.131. The van der Waals surface area contributed by atoms with Gasteiger partial charge >= 0.3 is 0 Å². The van der Waals surface area contributed by atoms with Gasteiger partial charge in [0.1, 0.15) is 0 Å². The number of carbonyl (C=O) groups is 1. The Morgan fingerprint density at radius 1 is 1.50 bits per heavy atom. The summed E-state index contributed by atoms with van der Waals surface area (Å²) in [6.07, 6.45) is 0. The summed E-state index contributed by atoms with van der Waals surface area (Å²) in [6, 6.07) is 7.50. The monoisotopic (exact) mass is 246 g/mol. The Hall–Kier alpha value is -1.77. The van der Waals surface area contributed by atoms with Crippen LogP contribution in [-0.2, 0) is 4.79 Å². The minimum atomic E-state index is -0.173. The highest BCUT2D eigenvalue weighted by Crippen LogP contribution is 2.20. The maximum absolute atomic E-state index is 12.4. The summed E-state index contributed by atoms with van der Waals surface area (Å²) in [5, 5.41) is 0. The van der Waals surface area contributed by atoms with Crippen LogP contribution in [0.25, 0.3) is 0 Å². The average Bonchev–Trinajstić information content (AvgIpc) is 2.34. The molecule has 0 saturated carbocycles. The molecule has 1 rings (SSSR count). The van der Waals surface area contributed by atoms with E-state index in [-0.39, 0.29) is 11.8 Å². The third-order valence-corrected chi connectivity index (χ3v) is 2.94. The third kappa shape index (κ3) is 3.62. The molecule has 3 heteroatoms. The van der Waals surface area contributed by atoms with E-state index in [1.54, 1.807) is 0 Å². The van der Waals surface area contributed by atoms with E-state index in [9.17, 15) is 4.79 Å². The van der Waals surface area contributed by atoms with Crippen LogP contribution in [0.5, 0.6) is 0 Å². The van der Waals surface area contributed by atoms with Crippen molar-refractivity contribution in [3.63, 3.8) is 0 Å². The van der Waals surface area contributed by atoms with Crippen molar-refractivity contribution in [3.8, 4) is 0 Å². The number of nitrogens with two attached hydrogens (primary N) is 1. The van der Waals surface area contributed by atoms with Crippen molar-refractivity contribution in [2.75, 3.05) is 18.8 Å². The predicted molar refractivity (Wildman–Crippen MR) is 76.3 cm³/mol. The van der Waals surface area contributed by atoms with E-state index in [1.165, 1.54) is 0 Å². The Bertz CT molecular complexity index is 440. The average molecular weight is 246 g/mol. The first-order valence-corrected chi connectivity index (χ1v) is 6.24. The van der Waals surface area contributed by atoms with E-state index in [4.69, 9.17) is 5.73 Å². The first-order valence-electron chi connectivity index (χ1n) is 6.24. The fourth-order valence-corrected chi connectivity index (χ4v) is 1.92. The second-order valence-corrected chi connectivity index (χ2v) is 4.70. The van der Waals surface area contributed by atoms with Crippen LogP contribution in [-0.4, -0.2) is 23.9 Å². The molecule has 1 amide bonds. The number of carbonyl (C=O) groups excluding carboxylic acids is 1. The number of likely N-dealkylation sites (N-methyl/N-ethyl adjacent to an activating group) is 1. The maximum Gasteiger partial charge on any atom is 0.230 e. The fourth-order valence-electron chi connectivity index (χ4n) is 1.92. The van der Waals surface area contributed by atoms with Crippen molar-refractivity contribution in [2.24, 2.45) is 0 Å². The van der Waals surface area contributed by atoms with E-state index in [0.29, 0.717) is 18.8 Å². The van der Waals surface area contributed by atoms with Gasteiger partial charge in [0.15, 0.2) is 0 Å². The molecule has 0 saturated heterocycles. The predicted octanol–water partition coefficient (Wildman–Crippen LogP) is 2.80. The topological polar surface area (TPSA) is 46.3 Å². The molecular formula is C15H22N2O. The molecule has 0 heterocycles. The van der Waals surface area contributed by atoms with Crippen LogP contribution in [0.15, 0.2) is 36.4 Å². The molecule has 3 nitrogen and oxygen atoms in total. The molecule has 1 unspecified atom stereocenters. The number of benzene rings is 1. The van der Waals surface area contributed by atoms with E-state index < -0.39 is 0 Å². The van der Waals surface area contributed by atoms with Crippen molar-refractivity contribution in [1.29, 1.82) is 0 Å². The van der Waals surface area contributed by atoms with Gasteiger partial charge in [-0.05, 0) is 38.5 Å². The van der Waals surface area contributed by atoms with E-state index in [1.807, 2.05) is 49.9 Å². The zero-order valence-electron chi connectivity index (χ0n) is 11.4. The van der Waals surface area contributed by atoms with Gasteiger partial charge in [-0.1, -0.05) is 24.3 Å². The van der Waals surface area contributed by atoms with E-state index >= 15 is 0 Å². The van der Waals surface area contributed by atoms with Crippen molar-refractivity contribution in [2.45, 2.75) is 26.7 Å². The van der Waals surface area contributed by atoms with Gasteiger partial charge in [0.05, 0.1) is 5.92 Å². The normalized spacial score (nSPS) is 11.9. The van der Waals surface area contributed by atoms with Gasteiger partial charge in [-0.25, -0.2) is 0 Å².